The van der Waals surface area contributed by atoms with Gasteiger partial charge in [-0.05, 0) is 49.6 Å². The van der Waals surface area contributed by atoms with Gasteiger partial charge in [0.2, 0.25) is 5.91 Å². The van der Waals surface area contributed by atoms with Crippen molar-refractivity contribution in [1.82, 2.24) is 20.3 Å². The summed E-state index contributed by atoms with van der Waals surface area (Å²) in [5, 5.41) is 8.26. The van der Waals surface area contributed by atoms with Crippen LogP contribution in [0, 0.1) is 11.3 Å². The molecule has 0 bridgehead atoms. The van der Waals surface area contributed by atoms with E-state index in [9.17, 15) is 4.79 Å². The maximum absolute atomic E-state index is 11.5. The second kappa shape index (κ2) is 9.75. The number of aromatic nitrogens is 1. The van der Waals surface area contributed by atoms with Crippen molar-refractivity contribution in [2.45, 2.75) is 71.6 Å². The molecule has 1 saturated heterocycles. The van der Waals surface area contributed by atoms with E-state index in [1.54, 1.807) is 6.92 Å². The lowest BCUT2D eigenvalue weighted by atomic mass is 9.57. The minimum atomic E-state index is 0.200. The first-order valence-electron chi connectivity index (χ1n) is 12.0. The highest BCUT2D eigenvalue weighted by Crippen LogP contribution is 2.48. The molecule has 4 rings (SSSR count). The lowest BCUT2D eigenvalue weighted by molar-refractivity contribution is -0.130. The number of carbonyl (C=O) groups is 1. The van der Waals surface area contributed by atoms with E-state index < -0.39 is 0 Å². The zero-order chi connectivity index (χ0) is 22.7. The third-order valence-electron chi connectivity index (χ3n) is 7.63. The summed E-state index contributed by atoms with van der Waals surface area (Å²) in [5.74, 6) is 1.74. The number of hydrogen-bond donors (Lipinski definition) is 1. The molecule has 0 radical (unpaired) electrons. The minimum absolute atomic E-state index is 0.200. The van der Waals surface area contributed by atoms with Crippen molar-refractivity contribution in [2.75, 3.05) is 20.1 Å². The van der Waals surface area contributed by atoms with E-state index in [-0.39, 0.29) is 11.3 Å². The number of piperidine rings is 1. The zero-order valence-corrected chi connectivity index (χ0v) is 20.0. The van der Waals surface area contributed by atoms with Gasteiger partial charge in [-0.15, -0.1) is 0 Å². The number of likely N-dealkylation sites (tertiary alicyclic amines) is 1. The van der Waals surface area contributed by atoms with Crippen LogP contribution in [0.1, 0.15) is 57.1 Å². The van der Waals surface area contributed by atoms with E-state index in [0.717, 1.165) is 56.9 Å². The fraction of sp³-hybridized carbons (Fsp3) is 0.615. The summed E-state index contributed by atoms with van der Waals surface area (Å²) in [6, 6.07) is 13.7. The van der Waals surface area contributed by atoms with Gasteiger partial charge in [0, 0.05) is 44.7 Å². The van der Waals surface area contributed by atoms with Crippen LogP contribution in [0.2, 0.25) is 0 Å². The van der Waals surface area contributed by atoms with E-state index in [4.69, 9.17) is 4.52 Å². The van der Waals surface area contributed by atoms with Gasteiger partial charge in [0.25, 0.3) is 0 Å². The largest absolute Gasteiger partial charge is 0.360 e. The predicted octanol–water partition coefficient (Wildman–Crippen LogP) is 3.86. The summed E-state index contributed by atoms with van der Waals surface area (Å²) in [6.45, 7) is 9.83. The molecule has 1 aliphatic carbocycles. The molecular weight excluding hydrogens is 400 g/mol. The lowest BCUT2D eigenvalue weighted by Gasteiger charge is -2.54. The number of rotatable bonds is 8. The number of nitrogens with zero attached hydrogens (tertiary/aromatic N) is 3. The molecule has 174 valence electrons. The summed E-state index contributed by atoms with van der Waals surface area (Å²) >= 11 is 0. The fourth-order valence-electron chi connectivity index (χ4n) is 5.29. The molecule has 1 aromatic carbocycles. The van der Waals surface area contributed by atoms with E-state index in [2.05, 4.69) is 66.6 Å². The van der Waals surface area contributed by atoms with Crippen LogP contribution >= 0.6 is 0 Å². The summed E-state index contributed by atoms with van der Waals surface area (Å²) in [7, 11) is 2.11. The maximum Gasteiger partial charge on any atom is 0.219 e. The molecule has 6 heteroatoms. The Balaban J connectivity index is 1.23. The van der Waals surface area contributed by atoms with Crippen molar-refractivity contribution in [1.29, 1.82) is 0 Å². The monoisotopic (exact) mass is 438 g/mol. The molecule has 1 N–H and O–H groups in total. The molecule has 1 aromatic heterocycles. The van der Waals surface area contributed by atoms with Crippen molar-refractivity contribution in [3.63, 3.8) is 0 Å². The Kier molecular flexibility index (Phi) is 7.01. The summed E-state index contributed by atoms with van der Waals surface area (Å²) in [6.07, 6.45) is 4.26. The van der Waals surface area contributed by atoms with Crippen molar-refractivity contribution >= 4 is 5.91 Å². The average Bonchev–Trinajstić information content (AvgIpc) is 3.20. The van der Waals surface area contributed by atoms with Gasteiger partial charge in [0.05, 0.1) is 12.2 Å². The second-order valence-corrected chi connectivity index (χ2v) is 10.4. The first-order valence-corrected chi connectivity index (χ1v) is 12.0. The van der Waals surface area contributed by atoms with Crippen LogP contribution in [-0.2, 0) is 24.3 Å². The Morgan fingerprint density at radius 2 is 1.94 bits per heavy atom. The van der Waals surface area contributed by atoms with Gasteiger partial charge in [0.1, 0.15) is 0 Å². The Labute approximate surface area is 192 Å². The molecular formula is C26H38N4O2. The molecule has 2 atom stereocenters. The SMILES string of the molecule is CC(=O)N1CCC(NC2CC(Cc3cc(CN(C)Cc4ccccc4)on3)C2(C)C)CC1. The zero-order valence-electron chi connectivity index (χ0n) is 20.0. The van der Waals surface area contributed by atoms with Crippen LogP contribution in [-0.4, -0.2) is 53.1 Å². The number of hydrogen-bond acceptors (Lipinski definition) is 5. The van der Waals surface area contributed by atoms with Gasteiger partial charge in [-0.25, -0.2) is 0 Å². The average molecular weight is 439 g/mol. The molecule has 2 heterocycles. The van der Waals surface area contributed by atoms with E-state index in [0.29, 0.717) is 18.0 Å². The molecule has 1 amide bonds. The Hall–Kier alpha value is -2.18. The molecule has 2 fully saturated rings. The van der Waals surface area contributed by atoms with E-state index in [1.165, 1.54) is 12.0 Å². The number of amides is 1. The number of benzene rings is 1. The van der Waals surface area contributed by atoms with Crippen LogP contribution in [0.5, 0.6) is 0 Å². The van der Waals surface area contributed by atoms with Gasteiger partial charge in [-0.1, -0.05) is 49.3 Å². The molecule has 6 nitrogen and oxygen atoms in total. The summed E-state index contributed by atoms with van der Waals surface area (Å²) in [5.41, 5.74) is 2.61. The van der Waals surface area contributed by atoms with Crippen molar-refractivity contribution in [3.05, 3.63) is 53.4 Å². The normalized spacial score (nSPS) is 23.3. The first kappa shape index (κ1) is 23.0. The summed E-state index contributed by atoms with van der Waals surface area (Å²) < 4.78 is 5.65. The van der Waals surface area contributed by atoms with Crippen LogP contribution < -0.4 is 5.32 Å². The van der Waals surface area contributed by atoms with E-state index in [1.807, 2.05) is 11.0 Å². The van der Waals surface area contributed by atoms with Gasteiger partial charge < -0.3 is 14.7 Å². The summed E-state index contributed by atoms with van der Waals surface area (Å²) in [4.78, 5) is 15.8. The van der Waals surface area contributed by atoms with Gasteiger partial charge >= 0.3 is 0 Å². The highest BCUT2D eigenvalue weighted by atomic mass is 16.5. The highest BCUT2D eigenvalue weighted by Gasteiger charge is 2.48. The number of carbonyl (C=O) groups excluding carboxylic acids is 1. The fourth-order valence-corrected chi connectivity index (χ4v) is 5.29. The molecule has 1 aliphatic heterocycles. The standard InChI is InChI=1S/C26H38N4O2/c1-19(31)30-12-10-22(11-13-30)27-25-15-21(26(25,2)3)14-23-16-24(32-28-23)18-29(4)17-20-8-6-5-7-9-20/h5-9,16,21-22,25,27H,10-15,17-18H2,1-4H3. The Bertz CT molecular complexity index is 886. The maximum atomic E-state index is 11.5. The van der Waals surface area contributed by atoms with Gasteiger partial charge in [-0.2, -0.15) is 0 Å². The Morgan fingerprint density at radius 1 is 1.22 bits per heavy atom. The van der Waals surface area contributed by atoms with Crippen LogP contribution in [0.15, 0.2) is 40.9 Å². The van der Waals surface area contributed by atoms with E-state index >= 15 is 0 Å². The van der Waals surface area contributed by atoms with Crippen LogP contribution in [0.4, 0.5) is 0 Å². The van der Waals surface area contributed by atoms with Gasteiger partial charge in [0.15, 0.2) is 5.76 Å². The number of nitrogens with one attached hydrogen (secondary N) is 1. The lowest BCUT2D eigenvalue weighted by Crippen LogP contribution is -2.61. The molecule has 2 unspecified atom stereocenters. The van der Waals surface area contributed by atoms with Crippen molar-refractivity contribution in [3.8, 4) is 0 Å². The minimum Gasteiger partial charge on any atom is -0.360 e. The van der Waals surface area contributed by atoms with Crippen molar-refractivity contribution < 1.29 is 9.32 Å². The molecule has 0 spiro atoms. The third-order valence-corrected chi connectivity index (χ3v) is 7.63. The third kappa shape index (κ3) is 5.41. The molecule has 32 heavy (non-hydrogen) atoms. The Morgan fingerprint density at radius 3 is 2.59 bits per heavy atom. The topological polar surface area (TPSA) is 61.6 Å². The highest BCUT2D eigenvalue weighted by molar-refractivity contribution is 5.73. The molecule has 2 aliphatic rings. The predicted molar refractivity (Wildman–Crippen MR) is 126 cm³/mol. The second-order valence-electron chi connectivity index (χ2n) is 10.4. The quantitative estimate of drug-likeness (QED) is 0.678. The molecule has 1 saturated carbocycles. The molecule has 2 aromatic rings. The smallest absolute Gasteiger partial charge is 0.219 e. The van der Waals surface area contributed by atoms with Crippen molar-refractivity contribution in [2.24, 2.45) is 11.3 Å². The first-order chi connectivity index (χ1) is 15.3. The van der Waals surface area contributed by atoms with Crippen LogP contribution in [0.25, 0.3) is 0 Å². The van der Waals surface area contributed by atoms with Gasteiger partial charge in [-0.3, -0.25) is 9.69 Å². The van der Waals surface area contributed by atoms with Crippen LogP contribution in [0.3, 0.4) is 0 Å².